The number of alkyl carbamates (subject to hydrolysis) is 1. The van der Waals surface area contributed by atoms with Crippen molar-refractivity contribution in [2.24, 2.45) is 5.92 Å². The molecule has 0 unspecified atom stereocenters. The summed E-state index contributed by atoms with van der Waals surface area (Å²) in [6, 6.07) is 9.16. The fraction of sp³-hybridized carbons (Fsp3) is 0.571. The second-order valence-corrected chi connectivity index (χ2v) is 8.08. The Bertz CT molecular complexity index is 662. The number of amides is 3. The molecule has 0 spiro atoms. The average Bonchev–Trinajstić information content (AvgIpc) is 2.65. The largest absolute Gasteiger partial charge is 0.444 e. The second-order valence-electron chi connectivity index (χ2n) is 8.08. The molecule has 0 saturated carbocycles. The molecule has 0 aromatic heterocycles. The van der Waals surface area contributed by atoms with Crippen molar-refractivity contribution in [3.63, 3.8) is 0 Å². The van der Waals surface area contributed by atoms with Gasteiger partial charge < -0.3 is 20.3 Å². The summed E-state index contributed by atoms with van der Waals surface area (Å²) < 4.78 is 5.15. The first-order chi connectivity index (χ1) is 13.2. The number of benzene rings is 1. The maximum atomic E-state index is 12.3. The molecular weight excluding hydrogens is 358 g/mol. The van der Waals surface area contributed by atoms with Gasteiger partial charge in [0.2, 0.25) is 5.91 Å². The zero-order chi connectivity index (χ0) is 20.6. The molecule has 1 heterocycles. The molecule has 7 heteroatoms. The summed E-state index contributed by atoms with van der Waals surface area (Å²) in [4.78, 5) is 37.8. The van der Waals surface area contributed by atoms with Crippen LogP contribution in [0.15, 0.2) is 30.3 Å². The van der Waals surface area contributed by atoms with Gasteiger partial charge in [0.1, 0.15) is 5.60 Å². The Labute approximate surface area is 166 Å². The SMILES string of the molecule is CC(C)(C)OC(=O)NCCC(=O)N1CCC(CNC(=O)c2ccccc2)CC1. The summed E-state index contributed by atoms with van der Waals surface area (Å²) in [7, 11) is 0. The number of hydrogen-bond donors (Lipinski definition) is 2. The first kappa shape index (κ1) is 21.7. The number of hydrogen-bond acceptors (Lipinski definition) is 4. The van der Waals surface area contributed by atoms with Gasteiger partial charge in [-0.25, -0.2) is 4.79 Å². The Morgan fingerprint density at radius 3 is 2.32 bits per heavy atom. The molecule has 1 saturated heterocycles. The van der Waals surface area contributed by atoms with Crippen LogP contribution in [0.2, 0.25) is 0 Å². The Kier molecular flexibility index (Phi) is 7.84. The van der Waals surface area contributed by atoms with Crippen LogP contribution in [0.25, 0.3) is 0 Å². The van der Waals surface area contributed by atoms with Gasteiger partial charge in [-0.3, -0.25) is 9.59 Å². The molecular formula is C21H31N3O4. The van der Waals surface area contributed by atoms with Gasteiger partial charge in [-0.2, -0.15) is 0 Å². The molecule has 0 radical (unpaired) electrons. The summed E-state index contributed by atoms with van der Waals surface area (Å²) in [6.07, 6.45) is 1.48. The molecule has 1 aromatic carbocycles. The maximum absolute atomic E-state index is 12.3. The van der Waals surface area contributed by atoms with Gasteiger partial charge in [-0.1, -0.05) is 18.2 Å². The lowest BCUT2D eigenvalue weighted by Crippen LogP contribution is -2.42. The minimum absolute atomic E-state index is 0.0304. The van der Waals surface area contributed by atoms with E-state index in [9.17, 15) is 14.4 Å². The van der Waals surface area contributed by atoms with E-state index >= 15 is 0 Å². The number of likely N-dealkylation sites (tertiary alicyclic amines) is 1. The minimum atomic E-state index is -0.550. The third-order valence-electron chi connectivity index (χ3n) is 4.56. The highest BCUT2D eigenvalue weighted by Crippen LogP contribution is 2.17. The zero-order valence-corrected chi connectivity index (χ0v) is 17.0. The molecule has 28 heavy (non-hydrogen) atoms. The van der Waals surface area contributed by atoms with Crippen LogP contribution >= 0.6 is 0 Å². The van der Waals surface area contributed by atoms with Crippen molar-refractivity contribution in [2.45, 2.75) is 45.6 Å². The fourth-order valence-electron chi connectivity index (χ4n) is 3.06. The quantitative estimate of drug-likeness (QED) is 0.783. The van der Waals surface area contributed by atoms with E-state index in [1.54, 1.807) is 32.9 Å². The standard InChI is InChI=1S/C21H31N3O4/c1-21(2,3)28-20(27)22-12-9-18(25)24-13-10-16(11-14-24)15-23-19(26)17-7-5-4-6-8-17/h4-8,16H,9-15H2,1-3H3,(H,22,27)(H,23,26). The predicted molar refractivity (Wildman–Crippen MR) is 107 cm³/mol. The molecule has 1 aliphatic rings. The maximum Gasteiger partial charge on any atom is 0.407 e. The molecule has 3 amide bonds. The number of carbonyl (C=O) groups is 3. The van der Waals surface area contributed by atoms with Crippen molar-refractivity contribution in [1.29, 1.82) is 0 Å². The Balaban J connectivity index is 1.62. The lowest BCUT2D eigenvalue weighted by molar-refractivity contribution is -0.132. The molecule has 0 aliphatic carbocycles. The highest BCUT2D eigenvalue weighted by atomic mass is 16.6. The zero-order valence-electron chi connectivity index (χ0n) is 17.0. The average molecular weight is 389 g/mol. The summed E-state index contributed by atoms with van der Waals surface area (Å²) in [6.45, 7) is 7.63. The number of nitrogens with zero attached hydrogens (tertiary/aromatic N) is 1. The first-order valence-electron chi connectivity index (χ1n) is 9.82. The topological polar surface area (TPSA) is 87.7 Å². The van der Waals surface area contributed by atoms with E-state index < -0.39 is 11.7 Å². The Morgan fingerprint density at radius 2 is 1.71 bits per heavy atom. The van der Waals surface area contributed by atoms with Crippen molar-refractivity contribution in [2.75, 3.05) is 26.2 Å². The van der Waals surface area contributed by atoms with E-state index in [0.717, 1.165) is 12.8 Å². The molecule has 1 aromatic rings. The normalized spacial score (nSPS) is 15.0. The number of piperidine rings is 1. The van der Waals surface area contributed by atoms with E-state index in [0.29, 0.717) is 31.1 Å². The summed E-state index contributed by atoms with van der Waals surface area (Å²) in [5.74, 6) is 0.340. The molecule has 1 aliphatic heterocycles. The van der Waals surface area contributed by atoms with E-state index in [2.05, 4.69) is 10.6 Å². The van der Waals surface area contributed by atoms with Gasteiger partial charge in [-0.05, 0) is 51.7 Å². The molecule has 2 rings (SSSR count). The highest BCUT2D eigenvalue weighted by Gasteiger charge is 2.23. The van der Waals surface area contributed by atoms with Crippen LogP contribution in [0.1, 0.15) is 50.4 Å². The van der Waals surface area contributed by atoms with Crippen molar-refractivity contribution in [1.82, 2.24) is 15.5 Å². The van der Waals surface area contributed by atoms with E-state index in [1.165, 1.54) is 0 Å². The van der Waals surface area contributed by atoms with Crippen molar-refractivity contribution < 1.29 is 19.1 Å². The Morgan fingerprint density at radius 1 is 1.07 bits per heavy atom. The minimum Gasteiger partial charge on any atom is -0.444 e. The van der Waals surface area contributed by atoms with Gasteiger partial charge in [0, 0.05) is 38.2 Å². The molecule has 1 fully saturated rings. The molecule has 0 bridgehead atoms. The van der Waals surface area contributed by atoms with Gasteiger partial charge in [0.15, 0.2) is 0 Å². The molecule has 7 nitrogen and oxygen atoms in total. The van der Waals surface area contributed by atoms with E-state index in [4.69, 9.17) is 4.74 Å². The van der Waals surface area contributed by atoms with E-state index in [-0.39, 0.29) is 24.8 Å². The van der Waals surface area contributed by atoms with Crippen molar-refractivity contribution in [3.8, 4) is 0 Å². The van der Waals surface area contributed by atoms with Gasteiger partial charge in [0.25, 0.3) is 5.91 Å². The van der Waals surface area contributed by atoms with Crippen LogP contribution < -0.4 is 10.6 Å². The lowest BCUT2D eigenvalue weighted by atomic mass is 9.96. The summed E-state index contributed by atoms with van der Waals surface area (Å²) >= 11 is 0. The van der Waals surface area contributed by atoms with Crippen LogP contribution in [0.4, 0.5) is 4.79 Å². The molecule has 154 valence electrons. The number of ether oxygens (including phenoxy) is 1. The van der Waals surface area contributed by atoms with Crippen molar-refractivity contribution in [3.05, 3.63) is 35.9 Å². The highest BCUT2D eigenvalue weighted by molar-refractivity contribution is 5.94. The molecule has 2 N–H and O–H groups in total. The van der Waals surface area contributed by atoms with E-state index in [1.807, 2.05) is 23.1 Å². The fourth-order valence-corrected chi connectivity index (χ4v) is 3.06. The molecule has 0 atom stereocenters. The third kappa shape index (κ3) is 7.58. The Hall–Kier alpha value is -2.57. The van der Waals surface area contributed by atoms with Crippen LogP contribution in [0.5, 0.6) is 0 Å². The number of nitrogens with one attached hydrogen (secondary N) is 2. The number of carbonyl (C=O) groups excluding carboxylic acids is 3. The first-order valence-corrected chi connectivity index (χ1v) is 9.82. The van der Waals surface area contributed by atoms with Crippen LogP contribution in [-0.2, 0) is 9.53 Å². The summed E-state index contributed by atoms with van der Waals surface area (Å²) in [5, 5.41) is 5.58. The van der Waals surface area contributed by atoms with Crippen LogP contribution in [-0.4, -0.2) is 54.6 Å². The summed E-state index contributed by atoms with van der Waals surface area (Å²) in [5.41, 5.74) is 0.110. The lowest BCUT2D eigenvalue weighted by Gasteiger charge is -2.32. The monoisotopic (exact) mass is 389 g/mol. The van der Waals surface area contributed by atoms with Crippen LogP contribution in [0.3, 0.4) is 0 Å². The predicted octanol–water partition coefficient (Wildman–Crippen LogP) is 2.57. The third-order valence-corrected chi connectivity index (χ3v) is 4.56. The van der Waals surface area contributed by atoms with Gasteiger partial charge in [-0.15, -0.1) is 0 Å². The number of rotatable bonds is 6. The van der Waals surface area contributed by atoms with Gasteiger partial charge >= 0.3 is 6.09 Å². The van der Waals surface area contributed by atoms with Gasteiger partial charge in [0.05, 0.1) is 0 Å². The van der Waals surface area contributed by atoms with Crippen molar-refractivity contribution >= 4 is 17.9 Å². The van der Waals surface area contributed by atoms with Crippen LogP contribution in [0, 0.1) is 5.92 Å². The smallest absolute Gasteiger partial charge is 0.407 e. The second kappa shape index (κ2) is 10.1.